The molecule has 0 unspecified atom stereocenters. The van der Waals surface area contributed by atoms with Crippen molar-refractivity contribution in [3.63, 3.8) is 0 Å². The highest BCUT2D eigenvalue weighted by Gasteiger charge is 2.17. The van der Waals surface area contributed by atoms with Crippen LogP contribution >= 0.6 is 22.9 Å². The molecule has 0 bridgehead atoms. The van der Waals surface area contributed by atoms with Crippen LogP contribution in [0.3, 0.4) is 0 Å². The van der Waals surface area contributed by atoms with Gasteiger partial charge in [-0.2, -0.15) is 0 Å². The van der Waals surface area contributed by atoms with Gasteiger partial charge in [0.05, 0.1) is 4.34 Å². The van der Waals surface area contributed by atoms with Crippen molar-refractivity contribution in [2.45, 2.75) is 26.3 Å². The largest absolute Gasteiger partial charge is 0.451 e. The summed E-state index contributed by atoms with van der Waals surface area (Å²) in [6.07, 6.45) is 0. The molecular weight excluding hydrogens is 304 g/mol. The van der Waals surface area contributed by atoms with E-state index in [2.05, 4.69) is 10.6 Å². The molecular formula is C12H15ClN2O4S. The number of esters is 1. The number of ether oxygens (including phenoxy) is 1. The molecule has 0 aliphatic carbocycles. The van der Waals surface area contributed by atoms with E-state index in [9.17, 15) is 14.4 Å². The fourth-order valence-electron chi connectivity index (χ4n) is 1.16. The number of imide groups is 1. The van der Waals surface area contributed by atoms with E-state index in [-0.39, 0.29) is 0 Å². The molecule has 0 atom stereocenters. The van der Waals surface area contributed by atoms with Crippen LogP contribution in [0.4, 0.5) is 4.79 Å². The zero-order valence-corrected chi connectivity index (χ0v) is 12.9. The highest BCUT2D eigenvalue weighted by atomic mass is 35.5. The number of urea groups is 1. The maximum atomic E-state index is 11.5. The zero-order chi connectivity index (χ0) is 15.3. The Morgan fingerprint density at radius 3 is 2.45 bits per heavy atom. The fourth-order valence-corrected chi connectivity index (χ4v) is 2.10. The van der Waals surface area contributed by atoms with Gasteiger partial charge < -0.3 is 10.1 Å². The first kappa shape index (κ1) is 16.5. The van der Waals surface area contributed by atoms with Crippen LogP contribution < -0.4 is 10.6 Å². The number of carbonyl (C=O) groups excluding carboxylic acids is 3. The van der Waals surface area contributed by atoms with Crippen molar-refractivity contribution in [3.8, 4) is 0 Å². The molecule has 110 valence electrons. The molecule has 0 aliphatic heterocycles. The van der Waals surface area contributed by atoms with E-state index in [0.29, 0.717) is 9.21 Å². The van der Waals surface area contributed by atoms with E-state index in [1.165, 1.54) is 6.07 Å². The Morgan fingerprint density at radius 1 is 1.30 bits per heavy atom. The molecule has 0 aliphatic rings. The lowest BCUT2D eigenvalue weighted by Crippen LogP contribution is -2.49. The van der Waals surface area contributed by atoms with Gasteiger partial charge in [-0.1, -0.05) is 11.6 Å². The highest BCUT2D eigenvalue weighted by Crippen LogP contribution is 2.21. The van der Waals surface area contributed by atoms with E-state index in [1.807, 2.05) is 0 Å². The average molecular weight is 319 g/mol. The molecule has 1 rings (SSSR count). The van der Waals surface area contributed by atoms with Gasteiger partial charge in [-0.3, -0.25) is 10.1 Å². The Hall–Kier alpha value is -1.60. The second-order valence-corrected chi connectivity index (χ2v) is 6.65. The molecule has 2 N–H and O–H groups in total. The third kappa shape index (κ3) is 6.03. The summed E-state index contributed by atoms with van der Waals surface area (Å²) in [4.78, 5) is 34.6. The first-order valence-electron chi connectivity index (χ1n) is 5.72. The van der Waals surface area contributed by atoms with Crippen LogP contribution in [0.25, 0.3) is 0 Å². The summed E-state index contributed by atoms with van der Waals surface area (Å²) in [5.41, 5.74) is -0.464. The lowest BCUT2D eigenvalue weighted by molar-refractivity contribution is -0.123. The zero-order valence-electron chi connectivity index (χ0n) is 11.3. The van der Waals surface area contributed by atoms with Gasteiger partial charge in [-0.15, -0.1) is 11.3 Å². The summed E-state index contributed by atoms with van der Waals surface area (Å²) in [5.74, 6) is -1.36. The van der Waals surface area contributed by atoms with Gasteiger partial charge in [0.25, 0.3) is 5.91 Å². The number of hydrogen-bond donors (Lipinski definition) is 2. The van der Waals surface area contributed by atoms with Gasteiger partial charge in [0, 0.05) is 5.54 Å². The van der Waals surface area contributed by atoms with E-state index in [4.69, 9.17) is 16.3 Å². The van der Waals surface area contributed by atoms with Gasteiger partial charge in [0.15, 0.2) is 6.61 Å². The van der Waals surface area contributed by atoms with Crippen LogP contribution in [-0.2, 0) is 9.53 Å². The number of carbonyl (C=O) groups is 3. The minimum atomic E-state index is -0.706. The van der Waals surface area contributed by atoms with Gasteiger partial charge in [0.2, 0.25) is 0 Å². The van der Waals surface area contributed by atoms with Crippen LogP contribution in [0.1, 0.15) is 30.4 Å². The minimum absolute atomic E-state index is 0.293. The quantitative estimate of drug-likeness (QED) is 0.837. The standard InChI is InChI=1S/C12H15ClN2O4S/c1-12(2,3)15-11(18)14-9(16)6-19-10(17)7-4-5-8(13)20-7/h4-5H,6H2,1-3H3,(H2,14,15,16,18). The van der Waals surface area contributed by atoms with Crippen molar-refractivity contribution in [3.05, 3.63) is 21.3 Å². The molecule has 0 fully saturated rings. The molecule has 1 aromatic heterocycles. The Balaban J connectivity index is 2.37. The topological polar surface area (TPSA) is 84.5 Å². The lowest BCUT2D eigenvalue weighted by Gasteiger charge is -2.20. The number of nitrogens with one attached hydrogen (secondary N) is 2. The molecule has 20 heavy (non-hydrogen) atoms. The monoisotopic (exact) mass is 318 g/mol. The van der Waals surface area contributed by atoms with Crippen molar-refractivity contribution in [2.75, 3.05) is 6.61 Å². The Bertz CT molecular complexity index is 522. The van der Waals surface area contributed by atoms with Crippen molar-refractivity contribution in [1.82, 2.24) is 10.6 Å². The summed E-state index contributed by atoms with van der Waals surface area (Å²) in [6, 6.07) is 2.41. The molecule has 0 radical (unpaired) electrons. The molecule has 0 saturated carbocycles. The number of amides is 3. The lowest BCUT2D eigenvalue weighted by atomic mass is 10.1. The van der Waals surface area contributed by atoms with Crippen molar-refractivity contribution in [2.24, 2.45) is 0 Å². The normalized spacial score (nSPS) is 10.8. The van der Waals surface area contributed by atoms with Crippen molar-refractivity contribution in [1.29, 1.82) is 0 Å². The second kappa shape index (κ2) is 6.71. The van der Waals surface area contributed by atoms with E-state index >= 15 is 0 Å². The predicted molar refractivity (Wildman–Crippen MR) is 76.0 cm³/mol. The van der Waals surface area contributed by atoms with E-state index < -0.39 is 30.1 Å². The Labute approximate surface area is 125 Å². The third-order valence-corrected chi connectivity index (χ3v) is 3.06. The van der Waals surface area contributed by atoms with Crippen LogP contribution in [0, 0.1) is 0 Å². The van der Waals surface area contributed by atoms with Gasteiger partial charge >= 0.3 is 12.0 Å². The summed E-state index contributed by atoms with van der Waals surface area (Å²) >= 11 is 6.73. The van der Waals surface area contributed by atoms with Crippen molar-refractivity contribution >= 4 is 40.8 Å². The molecule has 1 aromatic rings. The third-order valence-electron chi connectivity index (χ3n) is 1.85. The molecule has 8 heteroatoms. The first-order valence-corrected chi connectivity index (χ1v) is 6.91. The van der Waals surface area contributed by atoms with Crippen LogP contribution in [0.5, 0.6) is 0 Å². The maximum Gasteiger partial charge on any atom is 0.348 e. The molecule has 0 aromatic carbocycles. The highest BCUT2D eigenvalue weighted by molar-refractivity contribution is 7.17. The summed E-state index contributed by atoms with van der Waals surface area (Å²) in [5, 5.41) is 4.61. The molecule has 0 saturated heterocycles. The summed E-state index contributed by atoms with van der Waals surface area (Å²) < 4.78 is 5.20. The van der Waals surface area contributed by atoms with Gasteiger partial charge in [0.1, 0.15) is 4.88 Å². The van der Waals surface area contributed by atoms with Crippen LogP contribution in [-0.4, -0.2) is 30.1 Å². The summed E-state index contributed by atoms with van der Waals surface area (Å²) in [7, 11) is 0. The smallest absolute Gasteiger partial charge is 0.348 e. The second-order valence-electron chi connectivity index (χ2n) is 4.93. The minimum Gasteiger partial charge on any atom is -0.451 e. The van der Waals surface area contributed by atoms with Gasteiger partial charge in [-0.25, -0.2) is 9.59 Å². The molecule has 6 nitrogen and oxygen atoms in total. The van der Waals surface area contributed by atoms with Crippen molar-refractivity contribution < 1.29 is 19.1 Å². The SMILES string of the molecule is CC(C)(C)NC(=O)NC(=O)COC(=O)c1ccc(Cl)s1. The fraction of sp³-hybridized carbons (Fsp3) is 0.417. The predicted octanol–water partition coefficient (Wildman–Crippen LogP) is 2.18. The van der Waals surface area contributed by atoms with Crippen LogP contribution in [0.2, 0.25) is 4.34 Å². The number of hydrogen-bond acceptors (Lipinski definition) is 5. The molecule has 1 heterocycles. The molecule has 3 amide bonds. The molecule has 0 spiro atoms. The average Bonchev–Trinajstić information content (AvgIpc) is 2.70. The van der Waals surface area contributed by atoms with Gasteiger partial charge in [-0.05, 0) is 32.9 Å². The Kier molecular flexibility index (Phi) is 5.52. The first-order chi connectivity index (χ1) is 9.17. The van der Waals surface area contributed by atoms with Crippen LogP contribution in [0.15, 0.2) is 12.1 Å². The maximum absolute atomic E-state index is 11.5. The number of thiophene rings is 1. The Morgan fingerprint density at radius 2 is 1.95 bits per heavy atom. The number of halogens is 1. The van der Waals surface area contributed by atoms with E-state index in [1.54, 1.807) is 26.8 Å². The van der Waals surface area contributed by atoms with E-state index in [0.717, 1.165) is 11.3 Å². The summed E-state index contributed by atoms with van der Waals surface area (Å²) in [6.45, 7) is 4.79. The number of rotatable bonds is 3.